The zero-order chi connectivity index (χ0) is 18.9. The predicted molar refractivity (Wildman–Crippen MR) is 102 cm³/mol. The highest BCUT2D eigenvalue weighted by Crippen LogP contribution is 2.29. The first-order chi connectivity index (χ1) is 12.5. The first-order valence-electron chi connectivity index (χ1n) is 9.36. The van der Waals surface area contributed by atoms with Crippen molar-refractivity contribution in [2.45, 2.75) is 46.1 Å². The van der Waals surface area contributed by atoms with Crippen LogP contribution in [0.15, 0.2) is 30.3 Å². The highest BCUT2D eigenvalue weighted by molar-refractivity contribution is 5.89. The van der Waals surface area contributed by atoms with Crippen molar-refractivity contribution in [2.75, 3.05) is 13.2 Å². The number of carbonyl (C=O) groups is 2. The zero-order valence-corrected chi connectivity index (χ0v) is 15.9. The minimum Gasteiger partial charge on any atom is -0.494 e. The average molecular weight is 359 g/mol. The SMILES string of the molecule is CCOc1ccc(/C=C/C(=O)OCC(=O)N[C@H]2CCC[C@@H](C)[C@@H]2C)cc1. The summed E-state index contributed by atoms with van der Waals surface area (Å²) >= 11 is 0. The number of amides is 1. The van der Waals surface area contributed by atoms with Crippen molar-refractivity contribution in [1.82, 2.24) is 5.32 Å². The molecule has 1 N–H and O–H groups in total. The minimum atomic E-state index is -0.529. The highest BCUT2D eigenvalue weighted by atomic mass is 16.5. The predicted octanol–water partition coefficient (Wildman–Crippen LogP) is 3.58. The van der Waals surface area contributed by atoms with Crippen LogP contribution in [0.4, 0.5) is 0 Å². The van der Waals surface area contributed by atoms with Crippen molar-refractivity contribution < 1.29 is 19.1 Å². The Kier molecular flexibility index (Phi) is 7.70. The zero-order valence-electron chi connectivity index (χ0n) is 15.9. The van der Waals surface area contributed by atoms with Gasteiger partial charge in [-0.1, -0.05) is 38.8 Å². The van der Waals surface area contributed by atoms with Gasteiger partial charge in [-0.3, -0.25) is 4.79 Å². The first-order valence-corrected chi connectivity index (χ1v) is 9.36. The van der Waals surface area contributed by atoms with Crippen molar-refractivity contribution in [3.05, 3.63) is 35.9 Å². The number of ether oxygens (including phenoxy) is 2. The van der Waals surface area contributed by atoms with Crippen molar-refractivity contribution in [3.63, 3.8) is 0 Å². The summed E-state index contributed by atoms with van der Waals surface area (Å²) in [6, 6.07) is 7.56. The molecule has 0 aliphatic heterocycles. The molecule has 0 unspecified atom stereocenters. The minimum absolute atomic E-state index is 0.171. The third kappa shape index (κ3) is 6.21. The fraction of sp³-hybridized carbons (Fsp3) is 0.524. The standard InChI is InChI=1S/C21H29NO4/c1-4-25-18-11-8-17(9-12-18)10-13-21(24)26-14-20(23)22-19-7-5-6-15(2)16(19)3/h8-13,15-16,19H,4-7,14H2,1-3H3,(H,22,23)/b13-10+/t15-,16+,19+/m1/s1. The Labute approximate surface area is 155 Å². The van der Waals surface area contributed by atoms with Gasteiger partial charge in [0.05, 0.1) is 6.61 Å². The van der Waals surface area contributed by atoms with Gasteiger partial charge in [-0.05, 0) is 49.0 Å². The summed E-state index contributed by atoms with van der Waals surface area (Å²) in [4.78, 5) is 23.8. The molecule has 0 aromatic heterocycles. The van der Waals surface area contributed by atoms with E-state index in [9.17, 15) is 9.59 Å². The van der Waals surface area contributed by atoms with E-state index >= 15 is 0 Å². The Hall–Kier alpha value is -2.30. The van der Waals surface area contributed by atoms with E-state index in [1.165, 1.54) is 12.5 Å². The van der Waals surface area contributed by atoms with Gasteiger partial charge in [0.25, 0.3) is 5.91 Å². The Balaban J connectivity index is 1.74. The number of carbonyl (C=O) groups excluding carboxylic acids is 2. The van der Waals surface area contributed by atoms with Crippen molar-refractivity contribution in [3.8, 4) is 5.75 Å². The van der Waals surface area contributed by atoms with E-state index in [4.69, 9.17) is 9.47 Å². The molecule has 5 nitrogen and oxygen atoms in total. The number of esters is 1. The summed E-state index contributed by atoms with van der Waals surface area (Å²) in [6.07, 6.45) is 6.30. The largest absolute Gasteiger partial charge is 0.494 e. The van der Waals surface area contributed by atoms with Gasteiger partial charge in [0, 0.05) is 12.1 Å². The lowest BCUT2D eigenvalue weighted by molar-refractivity contribution is -0.144. The topological polar surface area (TPSA) is 64.6 Å². The van der Waals surface area contributed by atoms with Crippen molar-refractivity contribution in [2.24, 2.45) is 11.8 Å². The maximum Gasteiger partial charge on any atom is 0.331 e. The summed E-state index contributed by atoms with van der Waals surface area (Å²) in [6.45, 7) is 6.68. The van der Waals surface area contributed by atoms with Gasteiger partial charge in [0.2, 0.25) is 0 Å². The van der Waals surface area contributed by atoms with Crippen LogP contribution in [0.3, 0.4) is 0 Å². The molecule has 2 rings (SSSR count). The maximum atomic E-state index is 12.0. The van der Waals surface area contributed by atoms with Gasteiger partial charge >= 0.3 is 5.97 Å². The van der Waals surface area contributed by atoms with Crippen LogP contribution in [-0.2, 0) is 14.3 Å². The highest BCUT2D eigenvalue weighted by Gasteiger charge is 2.28. The molecule has 0 radical (unpaired) electrons. The Morgan fingerprint density at radius 2 is 1.92 bits per heavy atom. The molecular weight excluding hydrogens is 330 g/mol. The summed E-state index contributed by atoms with van der Waals surface area (Å²) in [5, 5.41) is 2.99. The van der Waals surface area contributed by atoms with Crippen LogP contribution in [0.5, 0.6) is 5.75 Å². The number of hydrogen-bond acceptors (Lipinski definition) is 4. The molecule has 142 valence electrons. The number of hydrogen-bond donors (Lipinski definition) is 1. The lowest BCUT2D eigenvalue weighted by Crippen LogP contribution is -2.45. The second kappa shape index (κ2) is 10.00. The van der Waals surface area contributed by atoms with Crippen LogP contribution in [0, 0.1) is 11.8 Å². The number of benzene rings is 1. The summed E-state index contributed by atoms with van der Waals surface area (Å²) < 4.78 is 10.4. The second-order valence-electron chi connectivity index (χ2n) is 6.88. The van der Waals surface area contributed by atoms with E-state index in [1.54, 1.807) is 6.08 Å². The molecule has 1 aromatic rings. The van der Waals surface area contributed by atoms with E-state index in [-0.39, 0.29) is 18.6 Å². The fourth-order valence-corrected chi connectivity index (χ4v) is 3.23. The van der Waals surface area contributed by atoms with Crippen molar-refractivity contribution in [1.29, 1.82) is 0 Å². The van der Waals surface area contributed by atoms with Crippen LogP contribution < -0.4 is 10.1 Å². The molecular formula is C21H29NO4. The number of nitrogens with one attached hydrogen (secondary N) is 1. The molecule has 3 atom stereocenters. The smallest absolute Gasteiger partial charge is 0.331 e. The summed E-state index contributed by atoms with van der Waals surface area (Å²) in [5.74, 6) is 1.07. The normalized spacial score (nSPS) is 22.8. The van der Waals surface area contributed by atoms with E-state index < -0.39 is 5.97 Å². The van der Waals surface area contributed by atoms with Gasteiger partial charge in [-0.15, -0.1) is 0 Å². The van der Waals surface area contributed by atoms with Gasteiger partial charge in [0.15, 0.2) is 6.61 Å². The molecule has 1 aliphatic carbocycles. The van der Waals surface area contributed by atoms with Gasteiger partial charge < -0.3 is 14.8 Å². The molecule has 1 aromatic carbocycles. The lowest BCUT2D eigenvalue weighted by atomic mass is 9.78. The second-order valence-corrected chi connectivity index (χ2v) is 6.88. The molecule has 1 fully saturated rings. The quantitative estimate of drug-likeness (QED) is 0.597. The van der Waals surface area contributed by atoms with Gasteiger partial charge in [-0.2, -0.15) is 0 Å². The van der Waals surface area contributed by atoms with Crippen LogP contribution in [0.25, 0.3) is 6.08 Å². The van der Waals surface area contributed by atoms with Crippen LogP contribution >= 0.6 is 0 Å². The number of rotatable bonds is 7. The van der Waals surface area contributed by atoms with Crippen LogP contribution in [0.1, 0.15) is 45.6 Å². The van der Waals surface area contributed by atoms with Crippen LogP contribution in [-0.4, -0.2) is 31.1 Å². The lowest BCUT2D eigenvalue weighted by Gasteiger charge is -2.34. The maximum absolute atomic E-state index is 12.0. The molecule has 1 amide bonds. The Morgan fingerprint density at radius 1 is 1.19 bits per heavy atom. The van der Waals surface area contributed by atoms with Gasteiger partial charge in [0.1, 0.15) is 5.75 Å². The van der Waals surface area contributed by atoms with E-state index in [0.29, 0.717) is 18.4 Å². The Morgan fingerprint density at radius 3 is 2.62 bits per heavy atom. The Bertz CT molecular complexity index is 623. The van der Waals surface area contributed by atoms with Crippen LogP contribution in [0.2, 0.25) is 0 Å². The molecule has 0 heterocycles. The first kappa shape index (κ1) is 20.0. The monoisotopic (exact) mass is 359 g/mol. The average Bonchev–Trinajstić information content (AvgIpc) is 2.63. The molecule has 0 saturated heterocycles. The summed E-state index contributed by atoms with van der Waals surface area (Å²) in [7, 11) is 0. The molecule has 5 heteroatoms. The fourth-order valence-electron chi connectivity index (χ4n) is 3.23. The van der Waals surface area contributed by atoms with E-state index in [2.05, 4.69) is 19.2 Å². The van der Waals surface area contributed by atoms with Crippen molar-refractivity contribution >= 4 is 18.0 Å². The molecule has 0 bridgehead atoms. The molecule has 0 spiro atoms. The third-order valence-electron chi connectivity index (χ3n) is 5.00. The van der Waals surface area contributed by atoms with E-state index in [1.807, 2.05) is 31.2 Å². The molecule has 1 aliphatic rings. The molecule has 1 saturated carbocycles. The third-order valence-corrected chi connectivity index (χ3v) is 5.00. The summed E-state index contributed by atoms with van der Waals surface area (Å²) in [5.41, 5.74) is 0.861. The van der Waals surface area contributed by atoms with Gasteiger partial charge in [-0.25, -0.2) is 4.79 Å². The van der Waals surface area contributed by atoms with E-state index in [0.717, 1.165) is 24.2 Å². The molecule has 26 heavy (non-hydrogen) atoms.